The van der Waals surface area contributed by atoms with Crippen molar-refractivity contribution in [1.82, 2.24) is 19.1 Å². The Morgan fingerprint density at radius 2 is 2.14 bits per heavy atom. The van der Waals surface area contributed by atoms with Crippen LogP contribution in [0, 0.1) is 0 Å². The first-order chi connectivity index (χ1) is 6.95. The first-order valence-electron chi connectivity index (χ1n) is 4.15. The van der Waals surface area contributed by atoms with Crippen molar-refractivity contribution in [2.75, 3.05) is 0 Å². The summed E-state index contributed by atoms with van der Waals surface area (Å²) in [5.74, 6) is 0.635. The fourth-order valence-electron chi connectivity index (χ4n) is 1.39. The number of benzene rings is 1. The van der Waals surface area contributed by atoms with Gasteiger partial charge in [0.15, 0.2) is 0 Å². The highest BCUT2D eigenvalue weighted by molar-refractivity contribution is 7.03. The molecule has 0 aliphatic heterocycles. The highest BCUT2D eigenvalue weighted by Gasteiger charge is 2.05. The van der Waals surface area contributed by atoms with Gasteiger partial charge in [-0.1, -0.05) is 18.2 Å². The molecule has 0 bridgehead atoms. The van der Waals surface area contributed by atoms with Gasteiger partial charge >= 0.3 is 0 Å². The van der Waals surface area contributed by atoms with Crippen LogP contribution in [-0.2, 0) is 0 Å². The van der Waals surface area contributed by atoms with Gasteiger partial charge in [-0.05, 0) is 17.6 Å². The molecule has 0 amide bonds. The Hall–Kier alpha value is -1.75. The zero-order valence-corrected chi connectivity index (χ0v) is 7.98. The number of para-hydroxylation sites is 1. The average molecular weight is 202 g/mol. The molecule has 14 heavy (non-hydrogen) atoms. The van der Waals surface area contributed by atoms with Crippen molar-refractivity contribution in [3.63, 3.8) is 0 Å². The van der Waals surface area contributed by atoms with Crippen molar-refractivity contribution in [3.8, 4) is 5.95 Å². The van der Waals surface area contributed by atoms with Crippen LogP contribution in [0.3, 0.4) is 0 Å². The van der Waals surface area contributed by atoms with Gasteiger partial charge < -0.3 is 0 Å². The van der Waals surface area contributed by atoms with Gasteiger partial charge in [-0.15, -0.1) is 0 Å². The summed E-state index contributed by atoms with van der Waals surface area (Å²) < 4.78 is 5.88. The molecule has 0 atom stereocenters. The Morgan fingerprint density at radius 1 is 1.21 bits per heavy atom. The van der Waals surface area contributed by atoms with Gasteiger partial charge in [0.25, 0.3) is 5.95 Å². The van der Waals surface area contributed by atoms with Crippen LogP contribution < -0.4 is 0 Å². The minimum Gasteiger partial charge on any atom is -0.206 e. The summed E-state index contributed by atoms with van der Waals surface area (Å²) in [4.78, 5) is 4.12. The third-order valence-corrected chi connectivity index (χ3v) is 2.48. The van der Waals surface area contributed by atoms with E-state index in [4.69, 9.17) is 0 Å². The van der Waals surface area contributed by atoms with Crippen molar-refractivity contribution in [2.45, 2.75) is 0 Å². The second-order valence-corrected chi connectivity index (χ2v) is 3.45. The Labute approximate surface area is 84.0 Å². The standard InChI is InChI=1S/C9H6N4S/c1-2-4-8-7(3-1)5-11-13(8)9-10-6-14-12-9/h1-6H. The Morgan fingerprint density at radius 3 is 3.00 bits per heavy atom. The molecule has 2 aromatic heterocycles. The van der Waals surface area contributed by atoms with E-state index in [1.54, 1.807) is 10.2 Å². The summed E-state index contributed by atoms with van der Waals surface area (Å²) in [6.45, 7) is 0. The van der Waals surface area contributed by atoms with E-state index >= 15 is 0 Å². The molecule has 0 fully saturated rings. The Balaban J connectivity index is 2.33. The second kappa shape index (κ2) is 2.88. The molecule has 68 valence electrons. The smallest absolute Gasteiger partial charge is 0.206 e. The van der Waals surface area contributed by atoms with E-state index in [1.807, 2.05) is 30.5 Å². The summed E-state index contributed by atoms with van der Waals surface area (Å²) >= 11 is 1.32. The number of hydrogen-bond acceptors (Lipinski definition) is 4. The van der Waals surface area contributed by atoms with Crippen LogP contribution in [0.2, 0.25) is 0 Å². The number of fused-ring (bicyclic) bond motifs is 1. The number of hydrogen-bond donors (Lipinski definition) is 0. The lowest BCUT2D eigenvalue weighted by Crippen LogP contribution is -1.97. The fourth-order valence-corrected chi connectivity index (χ4v) is 1.80. The van der Waals surface area contributed by atoms with E-state index in [9.17, 15) is 0 Å². The van der Waals surface area contributed by atoms with E-state index in [0.29, 0.717) is 5.95 Å². The van der Waals surface area contributed by atoms with E-state index in [2.05, 4.69) is 14.5 Å². The molecule has 2 heterocycles. The summed E-state index contributed by atoms with van der Waals surface area (Å²) in [7, 11) is 0. The molecule has 3 rings (SSSR count). The highest BCUT2D eigenvalue weighted by atomic mass is 32.1. The summed E-state index contributed by atoms with van der Waals surface area (Å²) in [6, 6.07) is 7.99. The SMILES string of the molecule is c1ccc2c(c1)cnn2-c1ncsn1. The van der Waals surface area contributed by atoms with Crippen molar-refractivity contribution < 1.29 is 0 Å². The van der Waals surface area contributed by atoms with E-state index in [-0.39, 0.29) is 0 Å². The molecule has 0 aliphatic carbocycles. The maximum absolute atomic E-state index is 4.24. The topological polar surface area (TPSA) is 43.6 Å². The van der Waals surface area contributed by atoms with Gasteiger partial charge in [0.05, 0.1) is 11.7 Å². The van der Waals surface area contributed by atoms with Gasteiger partial charge in [-0.25, -0.2) is 4.98 Å². The Kier molecular flexibility index (Phi) is 1.57. The van der Waals surface area contributed by atoms with Crippen LogP contribution in [-0.4, -0.2) is 19.1 Å². The predicted octanol–water partition coefficient (Wildman–Crippen LogP) is 1.88. The summed E-state index contributed by atoms with van der Waals surface area (Å²) in [5, 5.41) is 5.34. The third-order valence-electron chi connectivity index (χ3n) is 2.02. The molecular weight excluding hydrogens is 196 g/mol. The quantitative estimate of drug-likeness (QED) is 0.605. The van der Waals surface area contributed by atoms with Crippen LogP contribution >= 0.6 is 11.5 Å². The Bertz CT molecular complexity index is 555. The first kappa shape index (κ1) is 7.64. The molecule has 0 aliphatic rings. The van der Waals surface area contributed by atoms with Gasteiger partial charge in [-0.2, -0.15) is 14.2 Å². The predicted molar refractivity (Wildman–Crippen MR) is 54.5 cm³/mol. The minimum absolute atomic E-state index is 0.635. The zero-order chi connectivity index (χ0) is 9.38. The monoisotopic (exact) mass is 202 g/mol. The number of aromatic nitrogens is 4. The molecular formula is C9H6N4S. The van der Waals surface area contributed by atoms with Gasteiger partial charge in [0.2, 0.25) is 0 Å². The average Bonchev–Trinajstić information content (AvgIpc) is 2.85. The molecule has 0 unspecified atom stereocenters. The highest BCUT2D eigenvalue weighted by Crippen LogP contribution is 2.15. The van der Waals surface area contributed by atoms with E-state index in [0.717, 1.165) is 10.9 Å². The molecule has 0 saturated heterocycles. The van der Waals surface area contributed by atoms with Crippen molar-refractivity contribution in [1.29, 1.82) is 0 Å². The zero-order valence-electron chi connectivity index (χ0n) is 7.16. The van der Waals surface area contributed by atoms with Crippen LogP contribution in [0.15, 0.2) is 36.0 Å². The van der Waals surface area contributed by atoms with Gasteiger partial charge in [0, 0.05) is 5.39 Å². The molecule has 0 N–H and O–H groups in total. The number of rotatable bonds is 1. The van der Waals surface area contributed by atoms with E-state index in [1.165, 1.54) is 11.5 Å². The molecule has 0 spiro atoms. The molecule has 4 nitrogen and oxygen atoms in total. The molecule has 5 heteroatoms. The van der Waals surface area contributed by atoms with Crippen LogP contribution in [0.5, 0.6) is 0 Å². The minimum atomic E-state index is 0.635. The molecule has 0 radical (unpaired) electrons. The maximum atomic E-state index is 4.24. The fraction of sp³-hybridized carbons (Fsp3) is 0. The van der Waals surface area contributed by atoms with Crippen molar-refractivity contribution in [3.05, 3.63) is 36.0 Å². The lowest BCUT2D eigenvalue weighted by Gasteiger charge is -1.95. The normalized spacial score (nSPS) is 10.9. The van der Waals surface area contributed by atoms with Gasteiger partial charge in [-0.3, -0.25) is 0 Å². The van der Waals surface area contributed by atoms with Crippen LogP contribution in [0.25, 0.3) is 16.9 Å². The lowest BCUT2D eigenvalue weighted by atomic mass is 10.3. The van der Waals surface area contributed by atoms with Crippen LogP contribution in [0.4, 0.5) is 0 Å². The molecule has 3 aromatic rings. The maximum Gasteiger partial charge on any atom is 0.262 e. The summed E-state index contributed by atoms with van der Waals surface area (Å²) in [5.41, 5.74) is 2.73. The van der Waals surface area contributed by atoms with Gasteiger partial charge in [0.1, 0.15) is 5.51 Å². The number of nitrogens with zero attached hydrogens (tertiary/aromatic N) is 4. The first-order valence-corrected chi connectivity index (χ1v) is 4.98. The van der Waals surface area contributed by atoms with E-state index < -0.39 is 0 Å². The second-order valence-electron chi connectivity index (χ2n) is 2.85. The van der Waals surface area contributed by atoms with Crippen LogP contribution in [0.1, 0.15) is 0 Å². The molecule has 1 aromatic carbocycles. The van der Waals surface area contributed by atoms with Crippen molar-refractivity contribution >= 4 is 22.4 Å². The van der Waals surface area contributed by atoms with Crippen molar-refractivity contribution in [2.24, 2.45) is 0 Å². The molecule has 0 saturated carbocycles. The third kappa shape index (κ3) is 1.03. The largest absolute Gasteiger partial charge is 0.262 e. The summed E-state index contributed by atoms with van der Waals surface area (Å²) in [6.07, 6.45) is 1.82. The lowest BCUT2D eigenvalue weighted by molar-refractivity contribution is 0.856.